The molecule has 1 rings (SSSR count). The van der Waals surface area contributed by atoms with Gasteiger partial charge in [0.2, 0.25) is 0 Å². The Hall–Kier alpha value is -1.75. The first-order chi connectivity index (χ1) is 8.81. The molecule has 0 aliphatic heterocycles. The molecule has 1 atom stereocenters. The van der Waals surface area contributed by atoms with Crippen molar-refractivity contribution in [1.29, 1.82) is 0 Å². The molecule has 1 aromatic carbocycles. The van der Waals surface area contributed by atoms with Crippen molar-refractivity contribution in [1.82, 2.24) is 5.32 Å². The van der Waals surface area contributed by atoms with E-state index in [4.69, 9.17) is 5.11 Å². The first kappa shape index (κ1) is 15.3. The van der Waals surface area contributed by atoms with Gasteiger partial charge in [-0.3, -0.25) is 9.59 Å². The molecule has 0 saturated heterocycles. The molecule has 1 unspecified atom stereocenters. The van der Waals surface area contributed by atoms with Gasteiger partial charge in [-0.2, -0.15) is 0 Å². The third kappa shape index (κ3) is 4.44. The van der Waals surface area contributed by atoms with E-state index in [9.17, 15) is 14.0 Å². The Bertz CT molecular complexity index is 486. The number of hydrogen-bond donors (Lipinski definition) is 2. The SMILES string of the molecule is Cc1cc(C(=O)C(CC(=O)O)NC(C)C)ccc1F. The van der Waals surface area contributed by atoms with Crippen LogP contribution in [-0.4, -0.2) is 28.9 Å². The summed E-state index contributed by atoms with van der Waals surface area (Å²) in [5.74, 6) is -1.77. The minimum Gasteiger partial charge on any atom is -0.481 e. The topological polar surface area (TPSA) is 66.4 Å². The molecule has 0 aromatic heterocycles. The summed E-state index contributed by atoms with van der Waals surface area (Å²) in [6.07, 6.45) is -0.298. The van der Waals surface area contributed by atoms with Crippen LogP contribution >= 0.6 is 0 Å². The van der Waals surface area contributed by atoms with E-state index in [2.05, 4.69) is 5.32 Å². The molecule has 5 heteroatoms. The molecular weight excluding hydrogens is 249 g/mol. The Labute approximate surface area is 111 Å². The Morgan fingerprint density at radius 2 is 2.00 bits per heavy atom. The molecule has 104 valence electrons. The zero-order valence-electron chi connectivity index (χ0n) is 11.2. The quantitative estimate of drug-likeness (QED) is 0.775. The minimum atomic E-state index is -1.05. The number of rotatable bonds is 6. The van der Waals surface area contributed by atoms with Crippen molar-refractivity contribution in [2.75, 3.05) is 0 Å². The first-order valence-corrected chi connectivity index (χ1v) is 6.09. The number of aliphatic carboxylic acids is 1. The summed E-state index contributed by atoms with van der Waals surface area (Å²) in [7, 11) is 0. The highest BCUT2D eigenvalue weighted by Crippen LogP contribution is 2.13. The van der Waals surface area contributed by atoms with Crippen molar-refractivity contribution in [2.24, 2.45) is 0 Å². The number of benzene rings is 1. The second-order valence-electron chi connectivity index (χ2n) is 4.80. The fourth-order valence-corrected chi connectivity index (χ4v) is 1.80. The van der Waals surface area contributed by atoms with Gasteiger partial charge in [-0.15, -0.1) is 0 Å². The van der Waals surface area contributed by atoms with Gasteiger partial charge in [-0.1, -0.05) is 13.8 Å². The summed E-state index contributed by atoms with van der Waals surface area (Å²) >= 11 is 0. The lowest BCUT2D eigenvalue weighted by molar-refractivity contribution is -0.137. The fourth-order valence-electron chi connectivity index (χ4n) is 1.80. The highest BCUT2D eigenvalue weighted by Gasteiger charge is 2.23. The van der Waals surface area contributed by atoms with Crippen molar-refractivity contribution < 1.29 is 19.1 Å². The third-order valence-corrected chi connectivity index (χ3v) is 2.67. The van der Waals surface area contributed by atoms with E-state index in [0.29, 0.717) is 11.1 Å². The standard InChI is InChI=1S/C14H18FNO3/c1-8(2)16-12(7-13(17)18)14(19)10-4-5-11(15)9(3)6-10/h4-6,8,12,16H,7H2,1-3H3,(H,17,18). The van der Waals surface area contributed by atoms with E-state index in [-0.39, 0.29) is 24.1 Å². The van der Waals surface area contributed by atoms with Crippen molar-refractivity contribution in [3.8, 4) is 0 Å². The lowest BCUT2D eigenvalue weighted by atomic mass is 9.99. The van der Waals surface area contributed by atoms with E-state index in [1.54, 1.807) is 6.92 Å². The first-order valence-electron chi connectivity index (χ1n) is 6.09. The molecule has 0 saturated carbocycles. The van der Waals surface area contributed by atoms with Gasteiger partial charge >= 0.3 is 5.97 Å². The number of halogens is 1. The van der Waals surface area contributed by atoms with Gasteiger partial charge in [0, 0.05) is 11.6 Å². The maximum Gasteiger partial charge on any atom is 0.305 e. The molecule has 19 heavy (non-hydrogen) atoms. The zero-order chi connectivity index (χ0) is 14.6. The molecule has 0 amide bonds. The summed E-state index contributed by atoms with van der Waals surface area (Å²) in [5.41, 5.74) is 0.683. The second kappa shape index (κ2) is 6.43. The highest BCUT2D eigenvalue weighted by molar-refractivity contribution is 6.01. The van der Waals surface area contributed by atoms with Gasteiger partial charge < -0.3 is 10.4 Å². The maximum atomic E-state index is 13.2. The van der Waals surface area contributed by atoms with Crippen molar-refractivity contribution >= 4 is 11.8 Å². The van der Waals surface area contributed by atoms with Crippen molar-refractivity contribution in [3.05, 3.63) is 35.1 Å². The monoisotopic (exact) mass is 267 g/mol. The zero-order valence-corrected chi connectivity index (χ0v) is 11.2. The van der Waals surface area contributed by atoms with Crippen LogP contribution in [0.2, 0.25) is 0 Å². The van der Waals surface area contributed by atoms with Gasteiger partial charge in [0.1, 0.15) is 5.82 Å². The summed E-state index contributed by atoms with van der Waals surface area (Å²) in [6, 6.07) is 3.21. The molecule has 0 spiro atoms. The van der Waals surface area contributed by atoms with E-state index >= 15 is 0 Å². The molecule has 1 aromatic rings. The number of carboxylic acid groups (broad SMARTS) is 1. The number of carboxylic acids is 1. The van der Waals surface area contributed by atoms with Crippen LogP contribution in [0.5, 0.6) is 0 Å². The Kier molecular flexibility index (Phi) is 5.18. The molecule has 0 aliphatic carbocycles. The van der Waals surface area contributed by atoms with Crippen LogP contribution in [-0.2, 0) is 4.79 Å². The fraction of sp³-hybridized carbons (Fsp3) is 0.429. The number of carbonyl (C=O) groups excluding carboxylic acids is 1. The van der Waals surface area contributed by atoms with E-state index < -0.39 is 12.0 Å². The minimum absolute atomic E-state index is 0.0187. The number of ketones is 1. The van der Waals surface area contributed by atoms with Gasteiger partial charge in [0.15, 0.2) is 5.78 Å². The molecule has 0 radical (unpaired) electrons. The molecule has 2 N–H and O–H groups in total. The summed E-state index contributed by atoms with van der Waals surface area (Å²) in [5, 5.41) is 11.8. The predicted octanol–water partition coefficient (Wildman–Crippen LogP) is 2.16. The lowest BCUT2D eigenvalue weighted by Crippen LogP contribution is -2.42. The normalized spacial score (nSPS) is 12.5. The molecule has 4 nitrogen and oxygen atoms in total. The van der Waals surface area contributed by atoms with Crippen LogP contribution < -0.4 is 5.32 Å². The largest absolute Gasteiger partial charge is 0.481 e. The predicted molar refractivity (Wildman–Crippen MR) is 69.8 cm³/mol. The van der Waals surface area contributed by atoms with Gasteiger partial charge in [0.05, 0.1) is 12.5 Å². The second-order valence-corrected chi connectivity index (χ2v) is 4.80. The average molecular weight is 267 g/mol. The summed E-state index contributed by atoms with van der Waals surface area (Å²) in [4.78, 5) is 23.0. The molecule has 0 bridgehead atoms. The number of nitrogens with one attached hydrogen (secondary N) is 1. The van der Waals surface area contributed by atoms with E-state index in [1.165, 1.54) is 18.2 Å². The van der Waals surface area contributed by atoms with Crippen LogP contribution in [0.15, 0.2) is 18.2 Å². The maximum absolute atomic E-state index is 13.2. The Balaban J connectivity index is 2.97. The average Bonchev–Trinajstić information content (AvgIpc) is 2.29. The number of carbonyl (C=O) groups is 2. The number of aryl methyl sites for hydroxylation is 1. The highest BCUT2D eigenvalue weighted by atomic mass is 19.1. The number of hydrogen-bond acceptors (Lipinski definition) is 3. The van der Waals surface area contributed by atoms with Gasteiger partial charge in [-0.25, -0.2) is 4.39 Å². The smallest absolute Gasteiger partial charge is 0.305 e. The van der Waals surface area contributed by atoms with Crippen LogP contribution in [0, 0.1) is 12.7 Å². The lowest BCUT2D eigenvalue weighted by Gasteiger charge is -2.18. The van der Waals surface area contributed by atoms with Crippen molar-refractivity contribution in [2.45, 2.75) is 39.3 Å². The molecular formula is C14H18FNO3. The molecule has 0 heterocycles. The van der Waals surface area contributed by atoms with Crippen LogP contribution in [0.4, 0.5) is 4.39 Å². The summed E-state index contributed by atoms with van der Waals surface area (Å²) in [6.45, 7) is 5.23. The number of Topliss-reactive ketones (excluding diaryl/α,β-unsaturated/α-hetero) is 1. The molecule has 0 aliphatic rings. The molecule has 0 fully saturated rings. The Morgan fingerprint density at radius 1 is 1.37 bits per heavy atom. The Morgan fingerprint density at radius 3 is 2.47 bits per heavy atom. The van der Waals surface area contributed by atoms with E-state index in [1.807, 2.05) is 13.8 Å². The van der Waals surface area contributed by atoms with Gasteiger partial charge in [-0.05, 0) is 30.7 Å². The van der Waals surface area contributed by atoms with Gasteiger partial charge in [0.25, 0.3) is 0 Å². The van der Waals surface area contributed by atoms with Crippen LogP contribution in [0.1, 0.15) is 36.2 Å². The van der Waals surface area contributed by atoms with Crippen molar-refractivity contribution in [3.63, 3.8) is 0 Å². The van der Waals surface area contributed by atoms with Crippen LogP contribution in [0.3, 0.4) is 0 Å². The van der Waals surface area contributed by atoms with Crippen LogP contribution in [0.25, 0.3) is 0 Å². The third-order valence-electron chi connectivity index (χ3n) is 2.67. The summed E-state index contributed by atoms with van der Waals surface area (Å²) < 4.78 is 13.2. The van der Waals surface area contributed by atoms with E-state index in [0.717, 1.165) is 0 Å².